The molecule has 1 unspecified atom stereocenters. The van der Waals surface area contributed by atoms with Gasteiger partial charge in [-0.1, -0.05) is 0 Å². The number of fused-ring (bicyclic) bond motifs is 1. The van der Waals surface area contributed by atoms with E-state index in [1.807, 2.05) is 0 Å². The van der Waals surface area contributed by atoms with Crippen LogP contribution in [0.25, 0.3) is 0 Å². The minimum absolute atomic E-state index is 0.0455. The summed E-state index contributed by atoms with van der Waals surface area (Å²) in [7, 11) is -0.990. The van der Waals surface area contributed by atoms with Crippen LogP contribution in [0.3, 0.4) is 0 Å². The third kappa shape index (κ3) is 4.13. The number of amides is 1. The van der Waals surface area contributed by atoms with Gasteiger partial charge >= 0.3 is 0 Å². The number of nitrogens with one attached hydrogen (secondary N) is 1. The Hall–Kier alpha value is -2.98. The van der Waals surface area contributed by atoms with Crippen molar-refractivity contribution >= 4 is 21.6 Å². The Morgan fingerprint density at radius 1 is 1.03 bits per heavy atom. The lowest BCUT2D eigenvalue weighted by molar-refractivity contribution is -0.119. The fraction of sp³-hybridized carbons (Fsp3) is 0.381. The van der Waals surface area contributed by atoms with Crippen molar-refractivity contribution in [3.05, 3.63) is 36.4 Å². The van der Waals surface area contributed by atoms with E-state index >= 15 is 0 Å². The van der Waals surface area contributed by atoms with Gasteiger partial charge in [-0.3, -0.25) is 4.79 Å². The molecule has 0 saturated carbocycles. The predicted octanol–water partition coefficient (Wildman–Crippen LogP) is 2.27. The number of methoxy groups -OCH3 is 2. The summed E-state index contributed by atoms with van der Waals surface area (Å²) in [5.41, 5.74) is 0.518. The second kappa shape index (κ2) is 8.64. The smallest absolute Gasteiger partial charge is 0.243 e. The molecule has 1 N–H and O–H groups in total. The monoisotopic (exact) mass is 448 g/mol. The second-order valence-corrected chi connectivity index (χ2v) is 9.03. The maximum absolute atomic E-state index is 13.3. The third-order valence-corrected chi connectivity index (χ3v) is 7.18. The molecule has 2 aromatic carbocycles. The molecule has 2 heterocycles. The minimum atomic E-state index is -3.90. The molecule has 1 saturated heterocycles. The first-order valence-electron chi connectivity index (χ1n) is 9.88. The van der Waals surface area contributed by atoms with Gasteiger partial charge in [0, 0.05) is 24.4 Å². The lowest BCUT2D eigenvalue weighted by Crippen LogP contribution is -2.43. The van der Waals surface area contributed by atoms with Crippen molar-refractivity contribution in [2.45, 2.75) is 23.8 Å². The number of carbonyl (C=O) groups excluding carboxylic acids is 1. The van der Waals surface area contributed by atoms with Crippen molar-refractivity contribution in [3.8, 4) is 23.0 Å². The summed E-state index contributed by atoms with van der Waals surface area (Å²) in [4.78, 5) is 13.0. The van der Waals surface area contributed by atoms with Crippen LogP contribution in [0.2, 0.25) is 0 Å². The summed E-state index contributed by atoms with van der Waals surface area (Å²) in [6, 6.07) is 8.67. The van der Waals surface area contributed by atoms with E-state index in [2.05, 4.69) is 5.32 Å². The normalized spacial score (nSPS) is 18.5. The Labute approximate surface area is 180 Å². The SMILES string of the molecule is COc1ccc(S(=O)(=O)N2CCCC2C(=O)Nc2ccc3c(c2)OCCO3)cc1OC. The molecule has 0 bridgehead atoms. The van der Waals surface area contributed by atoms with E-state index < -0.39 is 22.0 Å². The molecule has 2 aliphatic rings. The molecular formula is C21H24N2O7S. The first-order valence-corrected chi connectivity index (χ1v) is 11.3. The van der Waals surface area contributed by atoms with Crippen LogP contribution in [0.4, 0.5) is 5.69 Å². The van der Waals surface area contributed by atoms with Crippen LogP contribution < -0.4 is 24.3 Å². The molecule has 31 heavy (non-hydrogen) atoms. The van der Waals surface area contributed by atoms with Crippen molar-refractivity contribution in [2.24, 2.45) is 0 Å². The average Bonchev–Trinajstić information content (AvgIpc) is 3.29. The molecule has 10 heteroatoms. The summed E-state index contributed by atoms with van der Waals surface area (Å²) in [5.74, 6) is 1.50. The van der Waals surface area contributed by atoms with Gasteiger partial charge in [0.05, 0.1) is 19.1 Å². The quantitative estimate of drug-likeness (QED) is 0.723. The molecule has 4 rings (SSSR count). The number of benzene rings is 2. The fourth-order valence-electron chi connectivity index (χ4n) is 3.75. The molecular weight excluding hydrogens is 424 g/mol. The molecule has 0 spiro atoms. The highest BCUT2D eigenvalue weighted by Gasteiger charge is 2.39. The van der Waals surface area contributed by atoms with Gasteiger partial charge in [-0.05, 0) is 37.1 Å². The van der Waals surface area contributed by atoms with E-state index in [0.29, 0.717) is 54.7 Å². The van der Waals surface area contributed by atoms with Crippen molar-refractivity contribution < 1.29 is 32.2 Å². The van der Waals surface area contributed by atoms with Gasteiger partial charge in [0.15, 0.2) is 23.0 Å². The molecule has 166 valence electrons. The lowest BCUT2D eigenvalue weighted by atomic mass is 10.2. The van der Waals surface area contributed by atoms with E-state index in [-0.39, 0.29) is 11.4 Å². The molecule has 0 aliphatic carbocycles. The number of rotatable bonds is 6. The third-order valence-electron chi connectivity index (χ3n) is 5.28. The standard InChI is InChI=1S/C21H24N2O7S/c1-27-17-8-6-15(13-19(17)28-2)31(25,26)23-9-3-4-16(23)21(24)22-14-5-7-18-20(12-14)30-11-10-29-18/h5-8,12-13,16H,3-4,9-11H2,1-2H3,(H,22,24). The number of hydrogen-bond acceptors (Lipinski definition) is 7. The second-order valence-electron chi connectivity index (χ2n) is 7.14. The summed E-state index contributed by atoms with van der Waals surface area (Å²) >= 11 is 0. The molecule has 1 atom stereocenters. The van der Waals surface area contributed by atoms with E-state index in [9.17, 15) is 13.2 Å². The van der Waals surface area contributed by atoms with E-state index in [1.54, 1.807) is 18.2 Å². The van der Waals surface area contributed by atoms with Crippen molar-refractivity contribution in [1.82, 2.24) is 4.31 Å². The van der Waals surface area contributed by atoms with Gasteiger partial charge in [-0.15, -0.1) is 0 Å². The van der Waals surface area contributed by atoms with Crippen LogP contribution in [0, 0.1) is 0 Å². The zero-order valence-corrected chi connectivity index (χ0v) is 18.1. The molecule has 0 aromatic heterocycles. The van der Waals surface area contributed by atoms with Crippen LogP contribution in [0.1, 0.15) is 12.8 Å². The lowest BCUT2D eigenvalue weighted by Gasteiger charge is -2.24. The summed E-state index contributed by atoms with van der Waals surface area (Å²) in [6.45, 7) is 1.17. The molecule has 1 amide bonds. The van der Waals surface area contributed by atoms with Crippen LogP contribution in [0.5, 0.6) is 23.0 Å². The largest absolute Gasteiger partial charge is 0.493 e. The van der Waals surface area contributed by atoms with Gasteiger partial charge in [0.25, 0.3) is 0 Å². The Morgan fingerprint density at radius 3 is 2.52 bits per heavy atom. The first kappa shape index (κ1) is 21.3. The number of nitrogens with zero attached hydrogens (tertiary/aromatic N) is 1. The number of carbonyl (C=O) groups is 1. The number of hydrogen-bond donors (Lipinski definition) is 1. The summed E-state index contributed by atoms with van der Waals surface area (Å²) in [6.07, 6.45) is 1.02. The highest BCUT2D eigenvalue weighted by atomic mass is 32.2. The highest BCUT2D eigenvalue weighted by Crippen LogP contribution is 2.35. The van der Waals surface area contributed by atoms with Crippen molar-refractivity contribution in [3.63, 3.8) is 0 Å². The Bertz CT molecular complexity index is 1090. The van der Waals surface area contributed by atoms with Gasteiger partial charge < -0.3 is 24.3 Å². The van der Waals surface area contributed by atoms with Crippen LogP contribution >= 0.6 is 0 Å². The highest BCUT2D eigenvalue weighted by molar-refractivity contribution is 7.89. The maximum Gasteiger partial charge on any atom is 0.243 e. The zero-order chi connectivity index (χ0) is 22.0. The predicted molar refractivity (Wildman–Crippen MR) is 113 cm³/mol. The zero-order valence-electron chi connectivity index (χ0n) is 17.3. The van der Waals surface area contributed by atoms with E-state index in [1.165, 1.54) is 36.7 Å². The van der Waals surface area contributed by atoms with Crippen molar-refractivity contribution in [2.75, 3.05) is 39.3 Å². The van der Waals surface area contributed by atoms with E-state index in [4.69, 9.17) is 18.9 Å². The first-order chi connectivity index (χ1) is 14.9. The van der Waals surface area contributed by atoms with Gasteiger partial charge in [-0.25, -0.2) is 8.42 Å². The Kier molecular flexibility index (Phi) is 5.92. The van der Waals surface area contributed by atoms with Crippen molar-refractivity contribution in [1.29, 1.82) is 0 Å². The number of sulfonamides is 1. The Balaban J connectivity index is 1.55. The minimum Gasteiger partial charge on any atom is -0.493 e. The molecule has 2 aliphatic heterocycles. The van der Waals surface area contributed by atoms with Gasteiger partial charge in [0.2, 0.25) is 15.9 Å². The topological polar surface area (TPSA) is 103 Å². The number of anilines is 1. The van der Waals surface area contributed by atoms with Crippen LogP contribution in [-0.4, -0.2) is 58.7 Å². The fourth-order valence-corrected chi connectivity index (χ4v) is 5.42. The summed E-state index contributed by atoms with van der Waals surface area (Å²) in [5, 5.41) is 2.80. The Morgan fingerprint density at radius 2 is 1.77 bits per heavy atom. The van der Waals surface area contributed by atoms with Crippen LogP contribution in [-0.2, 0) is 14.8 Å². The maximum atomic E-state index is 13.3. The molecule has 0 radical (unpaired) electrons. The number of ether oxygens (including phenoxy) is 4. The van der Waals surface area contributed by atoms with E-state index in [0.717, 1.165) is 0 Å². The molecule has 2 aromatic rings. The molecule has 1 fully saturated rings. The van der Waals surface area contributed by atoms with Gasteiger partial charge in [0.1, 0.15) is 19.3 Å². The summed E-state index contributed by atoms with van der Waals surface area (Å²) < 4.78 is 49.2. The van der Waals surface area contributed by atoms with Gasteiger partial charge in [-0.2, -0.15) is 4.31 Å². The van der Waals surface area contributed by atoms with Crippen LogP contribution in [0.15, 0.2) is 41.3 Å². The average molecular weight is 448 g/mol. The molecule has 9 nitrogen and oxygen atoms in total.